The topological polar surface area (TPSA) is 81.5 Å². The van der Waals surface area contributed by atoms with Crippen molar-refractivity contribution in [1.82, 2.24) is 0 Å². The van der Waals surface area contributed by atoms with E-state index < -0.39 is 10.8 Å². The number of carbonyl (C=O) groups is 1. The van der Waals surface area contributed by atoms with E-state index in [9.17, 15) is 14.9 Å². The van der Waals surface area contributed by atoms with Crippen molar-refractivity contribution in [2.24, 2.45) is 0 Å². The van der Waals surface area contributed by atoms with Crippen LogP contribution in [0.25, 0.3) is 0 Å². The van der Waals surface area contributed by atoms with Crippen LogP contribution in [0.4, 0.5) is 11.4 Å². The minimum atomic E-state index is -0.586. The fourth-order valence-electron chi connectivity index (χ4n) is 2.39. The molecular weight excluding hydrogens is 388 g/mol. The second-order valence-corrected chi connectivity index (χ2v) is 7.14. The number of hydrogen-bond donors (Lipinski definition) is 1. The largest absolute Gasteiger partial charge is 0.489 e. The number of anilines is 1. The summed E-state index contributed by atoms with van der Waals surface area (Å²) in [6.07, 6.45) is 0. The van der Waals surface area contributed by atoms with E-state index in [1.54, 1.807) is 6.07 Å². The van der Waals surface area contributed by atoms with Crippen LogP contribution in [0.3, 0.4) is 0 Å². The zero-order valence-corrected chi connectivity index (χ0v) is 15.8. The number of halogens is 1. The van der Waals surface area contributed by atoms with E-state index in [4.69, 9.17) is 16.3 Å². The van der Waals surface area contributed by atoms with E-state index >= 15 is 0 Å². The third-order valence-corrected chi connectivity index (χ3v) is 4.89. The first-order valence-corrected chi connectivity index (χ1v) is 9.20. The van der Waals surface area contributed by atoms with Crippen LogP contribution in [0.2, 0.25) is 5.02 Å². The van der Waals surface area contributed by atoms with Gasteiger partial charge in [0, 0.05) is 16.7 Å². The molecule has 1 amide bonds. The number of nitro benzene ring substituents is 1. The number of carbonyl (C=O) groups excluding carboxylic acids is 1. The minimum absolute atomic E-state index is 0.0976. The summed E-state index contributed by atoms with van der Waals surface area (Å²) in [6, 6.07) is 13.5. The van der Waals surface area contributed by atoms with Crippen molar-refractivity contribution in [3.8, 4) is 5.75 Å². The molecule has 0 bridgehead atoms. The van der Waals surface area contributed by atoms with Crippen molar-refractivity contribution in [1.29, 1.82) is 0 Å². The molecule has 0 fully saturated rings. The number of hydrogen-bond acceptors (Lipinski definition) is 5. The number of benzene rings is 2. The van der Waals surface area contributed by atoms with Gasteiger partial charge in [0.1, 0.15) is 18.0 Å². The molecule has 6 nitrogen and oxygen atoms in total. The molecule has 138 valence electrons. The van der Waals surface area contributed by atoms with Gasteiger partial charge in [-0.05, 0) is 48.2 Å². The fraction of sp³-hybridized carbons (Fsp3) is 0.105. The van der Waals surface area contributed by atoms with Crippen molar-refractivity contribution in [3.63, 3.8) is 0 Å². The van der Waals surface area contributed by atoms with Crippen LogP contribution in [0, 0.1) is 17.0 Å². The van der Waals surface area contributed by atoms with Gasteiger partial charge in [-0.15, -0.1) is 11.3 Å². The van der Waals surface area contributed by atoms with Gasteiger partial charge < -0.3 is 10.1 Å². The number of aryl methyl sites for hydroxylation is 1. The highest BCUT2D eigenvalue weighted by atomic mass is 35.5. The van der Waals surface area contributed by atoms with Crippen LogP contribution in [0.1, 0.15) is 20.8 Å². The summed E-state index contributed by atoms with van der Waals surface area (Å²) in [4.78, 5) is 23.4. The quantitative estimate of drug-likeness (QED) is 0.439. The Kier molecular flexibility index (Phi) is 5.73. The maximum Gasteiger partial charge on any atom is 0.294 e. The molecule has 3 aromatic rings. The van der Waals surface area contributed by atoms with E-state index in [-0.39, 0.29) is 16.4 Å². The summed E-state index contributed by atoms with van der Waals surface area (Å²) < 4.78 is 5.72. The maximum absolute atomic E-state index is 12.4. The smallest absolute Gasteiger partial charge is 0.294 e. The average molecular weight is 403 g/mol. The lowest BCUT2D eigenvalue weighted by atomic mass is 10.2. The summed E-state index contributed by atoms with van der Waals surface area (Å²) in [6.45, 7) is 2.31. The molecular formula is C19H15ClN2O4S. The van der Waals surface area contributed by atoms with Gasteiger partial charge in [-0.1, -0.05) is 23.7 Å². The predicted octanol–water partition coefficient (Wildman–Crippen LogP) is 5.45. The molecule has 0 radical (unpaired) electrons. The van der Waals surface area contributed by atoms with Gasteiger partial charge in [-0.3, -0.25) is 14.9 Å². The van der Waals surface area contributed by atoms with E-state index in [0.717, 1.165) is 16.9 Å². The Bertz CT molecular complexity index is 1000. The molecule has 1 N–H and O–H groups in total. The number of ether oxygens (including phenoxy) is 1. The Balaban J connectivity index is 1.68. The molecule has 3 rings (SSSR count). The Hall–Kier alpha value is -2.90. The van der Waals surface area contributed by atoms with Crippen LogP contribution in [0.5, 0.6) is 5.75 Å². The summed E-state index contributed by atoms with van der Waals surface area (Å²) in [7, 11) is 0. The van der Waals surface area contributed by atoms with Gasteiger partial charge >= 0.3 is 0 Å². The van der Waals surface area contributed by atoms with Gasteiger partial charge in [-0.2, -0.15) is 0 Å². The highest BCUT2D eigenvalue weighted by molar-refractivity contribution is 7.12. The first kappa shape index (κ1) is 18.9. The molecule has 27 heavy (non-hydrogen) atoms. The fourth-order valence-corrected chi connectivity index (χ4v) is 3.35. The first-order valence-electron chi connectivity index (χ1n) is 7.94. The molecule has 0 saturated carbocycles. The van der Waals surface area contributed by atoms with Gasteiger partial charge in [0.25, 0.3) is 11.6 Å². The van der Waals surface area contributed by atoms with Gasteiger partial charge in [-0.25, -0.2) is 0 Å². The zero-order valence-electron chi connectivity index (χ0n) is 14.3. The minimum Gasteiger partial charge on any atom is -0.489 e. The lowest BCUT2D eigenvalue weighted by molar-refractivity contribution is -0.383. The van der Waals surface area contributed by atoms with E-state index in [0.29, 0.717) is 11.5 Å². The Labute approximate surface area is 164 Å². The van der Waals surface area contributed by atoms with Crippen LogP contribution in [0.15, 0.2) is 53.9 Å². The lowest BCUT2D eigenvalue weighted by Gasteiger charge is -2.06. The van der Waals surface area contributed by atoms with Crippen molar-refractivity contribution < 1.29 is 14.5 Å². The van der Waals surface area contributed by atoms with Gasteiger partial charge in [0.15, 0.2) is 0 Å². The van der Waals surface area contributed by atoms with E-state index in [2.05, 4.69) is 5.32 Å². The van der Waals surface area contributed by atoms with E-state index in [1.165, 1.54) is 29.5 Å². The monoisotopic (exact) mass is 402 g/mol. The SMILES string of the molecule is Cc1cccc(OCc2csc(C(=O)Nc3ccc(Cl)cc3[N+](=O)[O-])c2)c1. The van der Waals surface area contributed by atoms with Crippen molar-refractivity contribution >= 4 is 40.2 Å². The Morgan fingerprint density at radius 1 is 1.26 bits per heavy atom. The summed E-state index contributed by atoms with van der Waals surface area (Å²) in [5.74, 6) is 0.330. The van der Waals surface area contributed by atoms with Crippen molar-refractivity contribution in [2.75, 3.05) is 5.32 Å². The Morgan fingerprint density at radius 3 is 2.81 bits per heavy atom. The van der Waals surface area contributed by atoms with E-state index in [1.807, 2.05) is 36.6 Å². The third-order valence-electron chi connectivity index (χ3n) is 3.68. The highest BCUT2D eigenvalue weighted by Gasteiger charge is 2.18. The average Bonchev–Trinajstić information content (AvgIpc) is 3.10. The van der Waals surface area contributed by atoms with Crippen LogP contribution >= 0.6 is 22.9 Å². The summed E-state index contributed by atoms with van der Waals surface area (Å²) in [5, 5.41) is 15.7. The number of thiophene rings is 1. The molecule has 0 aliphatic rings. The standard InChI is InChI=1S/C19H15ClN2O4S/c1-12-3-2-4-15(7-12)26-10-13-8-18(27-11-13)19(23)21-16-6-5-14(20)9-17(16)22(24)25/h2-9,11H,10H2,1H3,(H,21,23). The molecule has 1 heterocycles. The summed E-state index contributed by atoms with van der Waals surface area (Å²) in [5.41, 5.74) is 1.79. The second kappa shape index (κ2) is 8.20. The highest BCUT2D eigenvalue weighted by Crippen LogP contribution is 2.29. The molecule has 8 heteroatoms. The molecule has 2 aromatic carbocycles. The van der Waals surface area contributed by atoms with Crippen molar-refractivity contribution in [2.45, 2.75) is 13.5 Å². The van der Waals surface area contributed by atoms with Crippen molar-refractivity contribution in [3.05, 3.63) is 85.1 Å². The van der Waals surface area contributed by atoms with Gasteiger partial charge in [0.05, 0.1) is 9.80 Å². The molecule has 0 spiro atoms. The zero-order chi connectivity index (χ0) is 19.4. The number of nitrogens with one attached hydrogen (secondary N) is 1. The number of nitrogens with zero attached hydrogens (tertiary/aromatic N) is 1. The molecule has 0 atom stereocenters. The van der Waals surface area contributed by atoms with Crippen LogP contribution in [-0.4, -0.2) is 10.8 Å². The maximum atomic E-state index is 12.4. The Morgan fingerprint density at radius 2 is 2.07 bits per heavy atom. The lowest BCUT2D eigenvalue weighted by Crippen LogP contribution is -2.11. The number of amides is 1. The van der Waals surface area contributed by atoms with Crippen LogP contribution in [-0.2, 0) is 6.61 Å². The second-order valence-electron chi connectivity index (χ2n) is 5.80. The van der Waals surface area contributed by atoms with Crippen LogP contribution < -0.4 is 10.1 Å². The molecule has 0 unspecified atom stereocenters. The first-order chi connectivity index (χ1) is 12.9. The predicted molar refractivity (Wildman–Crippen MR) is 106 cm³/mol. The molecule has 0 aliphatic heterocycles. The number of nitro groups is 1. The summed E-state index contributed by atoms with van der Waals surface area (Å²) >= 11 is 7.03. The molecule has 0 aliphatic carbocycles. The third kappa shape index (κ3) is 4.84. The molecule has 1 aromatic heterocycles. The molecule has 0 saturated heterocycles. The normalized spacial score (nSPS) is 10.4. The van der Waals surface area contributed by atoms with Gasteiger partial charge in [0.2, 0.25) is 0 Å². The number of rotatable bonds is 6.